The van der Waals surface area contributed by atoms with Crippen LogP contribution in [0.25, 0.3) is 17.1 Å². The smallest absolute Gasteiger partial charge is 0.337 e. The number of hydrogen-bond donors (Lipinski definition) is 3. The fourth-order valence-electron chi connectivity index (χ4n) is 2.97. The number of benzene rings is 3. The van der Waals surface area contributed by atoms with Crippen molar-refractivity contribution in [2.24, 2.45) is 0 Å². The number of urea groups is 1. The summed E-state index contributed by atoms with van der Waals surface area (Å²) < 4.78 is 7.13. The largest absolute Gasteiger partial charge is 0.497 e. The van der Waals surface area contributed by atoms with Crippen LogP contribution in [-0.2, 0) is 0 Å². The monoisotopic (exact) mass is 444 g/mol. The summed E-state index contributed by atoms with van der Waals surface area (Å²) in [5.74, 6) is 1.45. The van der Waals surface area contributed by atoms with Gasteiger partial charge in [0.05, 0.1) is 12.8 Å². The molecule has 0 fully saturated rings. The van der Waals surface area contributed by atoms with E-state index in [1.807, 2.05) is 72.8 Å². The Labute approximate surface area is 189 Å². The van der Waals surface area contributed by atoms with Crippen LogP contribution in [0.5, 0.6) is 5.75 Å². The Morgan fingerprint density at radius 1 is 0.906 bits per heavy atom. The second-order valence-corrected chi connectivity index (χ2v) is 6.99. The lowest BCUT2D eigenvalue weighted by Gasteiger charge is -2.16. The van der Waals surface area contributed by atoms with Gasteiger partial charge in [-0.3, -0.25) is 9.99 Å². The predicted molar refractivity (Wildman–Crippen MR) is 126 cm³/mol. The van der Waals surface area contributed by atoms with E-state index in [-0.39, 0.29) is 4.77 Å². The van der Waals surface area contributed by atoms with E-state index in [1.165, 1.54) is 0 Å². The number of hydrazine groups is 1. The van der Waals surface area contributed by atoms with Gasteiger partial charge in [-0.2, -0.15) is 9.97 Å². The van der Waals surface area contributed by atoms with Crippen LogP contribution in [0.15, 0.2) is 84.9 Å². The lowest BCUT2D eigenvalue weighted by Crippen LogP contribution is -2.35. The molecule has 0 unspecified atom stereocenters. The van der Waals surface area contributed by atoms with Gasteiger partial charge in [-0.05, 0) is 48.6 Å². The van der Waals surface area contributed by atoms with Crippen molar-refractivity contribution in [3.05, 3.63) is 89.7 Å². The van der Waals surface area contributed by atoms with Gasteiger partial charge in [0.25, 0.3) is 0 Å². The minimum Gasteiger partial charge on any atom is -0.497 e. The normalized spacial score (nSPS) is 10.3. The van der Waals surface area contributed by atoms with E-state index in [1.54, 1.807) is 23.8 Å². The molecule has 2 amide bonds. The molecular formula is C23H20N6O2S. The summed E-state index contributed by atoms with van der Waals surface area (Å²) in [6.07, 6.45) is 0. The minimum atomic E-state index is -0.455. The molecule has 3 N–H and O–H groups in total. The van der Waals surface area contributed by atoms with Crippen LogP contribution in [0.4, 0.5) is 16.4 Å². The first-order chi connectivity index (χ1) is 15.6. The van der Waals surface area contributed by atoms with Gasteiger partial charge in [0.2, 0.25) is 10.7 Å². The zero-order valence-corrected chi connectivity index (χ0v) is 18.0. The third-order valence-corrected chi connectivity index (χ3v) is 4.77. The summed E-state index contributed by atoms with van der Waals surface area (Å²) in [6.45, 7) is 0. The molecule has 160 valence electrons. The third-order valence-electron chi connectivity index (χ3n) is 4.50. The molecule has 0 atom stereocenters. The Kier molecular flexibility index (Phi) is 6.38. The number of anilines is 2. The number of methoxy groups -OCH3 is 1. The van der Waals surface area contributed by atoms with Crippen LogP contribution in [0.2, 0.25) is 0 Å². The van der Waals surface area contributed by atoms with Gasteiger partial charge in [0.15, 0.2) is 5.82 Å². The molecule has 4 aromatic rings. The van der Waals surface area contributed by atoms with E-state index in [4.69, 9.17) is 17.0 Å². The molecule has 0 bridgehead atoms. The molecule has 0 saturated carbocycles. The van der Waals surface area contributed by atoms with Gasteiger partial charge in [0.1, 0.15) is 5.75 Å². The quantitative estimate of drug-likeness (QED) is 0.292. The van der Waals surface area contributed by atoms with Gasteiger partial charge in [0, 0.05) is 11.3 Å². The van der Waals surface area contributed by atoms with E-state index >= 15 is 0 Å². The fraction of sp³-hybridized carbons (Fsp3) is 0.0435. The van der Waals surface area contributed by atoms with Gasteiger partial charge < -0.3 is 10.1 Å². The third kappa shape index (κ3) is 4.90. The van der Waals surface area contributed by atoms with Crippen molar-refractivity contribution >= 4 is 29.9 Å². The number of hydrogen-bond acceptors (Lipinski definition) is 6. The zero-order chi connectivity index (χ0) is 22.3. The van der Waals surface area contributed by atoms with E-state index < -0.39 is 6.03 Å². The lowest BCUT2D eigenvalue weighted by molar-refractivity contribution is 0.253. The molecule has 1 heterocycles. The maximum Gasteiger partial charge on any atom is 0.337 e. The summed E-state index contributed by atoms with van der Waals surface area (Å²) in [5, 5.41) is 2.74. The Balaban J connectivity index is 1.67. The summed E-state index contributed by atoms with van der Waals surface area (Å²) >= 11 is 5.57. The van der Waals surface area contributed by atoms with Crippen molar-refractivity contribution in [1.82, 2.24) is 20.0 Å². The number of carbonyl (C=O) groups is 1. The topological polar surface area (TPSA) is 93.1 Å². The highest BCUT2D eigenvalue weighted by Crippen LogP contribution is 2.22. The van der Waals surface area contributed by atoms with Gasteiger partial charge in [-0.15, -0.1) is 0 Å². The second-order valence-electron chi connectivity index (χ2n) is 6.62. The molecule has 0 spiro atoms. The Bertz CT molecular complexity index is 1260. The number of aromatic nitrogens is 3. The zero-order valence-electron chi connectivity index (χ0n) is 17.1. The van der Waals surface area contributed by atoms with Crippen LogP contribution in [0, 0.1) is 4.77 Å². The molecular weight excluding hydrogens is 424 g/mol. The Morgan fingerprint density at radius 2 is 1.56 bits per heavy atom. The Morgan fingerprint density at radius 3 is 2.22 bits per heavy atom. The highest BCUT2D eigenvalue weighted by Gasteiger charge is 2.13. The van der Waals surface area contributed by atoms with E-state index in [0.29, 0.717) is 28.9 Å². The second kappa shape index (κ2) is 9.71. The first kappa shape index (κ1) is 21.0. The maximum absolute atomic E-state index is 12.4. The van der Waals surface area contributed by atoms with Crippen LogP contribution in [0.1, 0.15) is 0 Å². The van der Waals surface area contributed by atoms with Gasteiger partial charge in [-0.1, -0.05) is 48.5 Å². The van der Waals surface area contributed by atoms with Crippen molar-refractivity contribution in [3.8, 4) is 22.8 Å². The summed E-state index contributed by atoms with van der Waals surface area (Å²) in [5.41, 5.74) is 7.64. The van der Waals surface area contributed by atoms with Crippen molar-refractivity contribution in [1.29, 1.82) is 0 Å². The first-order valence-electron chi connectivity index (χ1n) is 9.73. The molecule has 0 radical (unpaired) electrons. The molecule has 0 aliphatic rings. The van der Waals surface area contributed by atoms with Crippen LogP contribution >= 0.6 is 12.2 Å². The molecule has 4 rings (SSSR count). The van der Waals surface area contributed by atoms with Crippen LogP contribution in [-0.4, -0.2) is 27.7 Å². The van der Waals surface area contributed by atoms with E-state index in [2.05, 4.69) is 26.1 Å². The van der Waals surface area contributed by atoms with Crippen molar-refractivity contribution in [2.75, 3.05) is 17.9 Å². The van der Waals surface area contributed by atoms with Crippen molar-refractivity contribution < 1.29 is 9.53 Å². The SMILES string of the molecule is COc1ccc(-n2c(NNC(=O)Nc3ccccc3)nc(-c3ccccc3)nc2=S)cc1. The first-order valence-corrected chi connectivity index (χ1v) is 10.1. The molecule has 0 saturated heterocycles. The highest BCUT2D eigenvalue weighted by molar-refractivity contribution is 7.71. The minimum absolute atomic E-state index is 0.275. The van der Waals surface area contributed by atoms with Crippen molar-refractivity contribution in [3.63, 3.8) is 0 Å². The lowest BCUT2D eigenvalue weighted by atomic mass is 10.2. The van der Waals surface area contributed by atoms with E-state index in [9.17, 15) is 4.79 Å². The molecule has 3 aromatic carbocycles. The van der Waals surface area contributed by atoms with Crippen molar-refractivity contribution in [2.45, 2.75) is 0 Å². The molecule has 8 nitrogen and oxygen atoms in total. The standard InChI is InChI=1S/C23H20N6O2S/c1-31-19-14-12-18(13-15-19)29-21(27-28-22(30)24-17-10-6-3-7-11-17)25-20(26-23(29)32)16-8-4-2-5-9-16/h2-15H,1H3,(H2,24,28,30)(H,25,26,27,32). The average Bonchev–Trinajstić information content (AvgIpc) is 2.84. The average molecular weight is 445 g/mol. The maximum atomic E-state index is 12.4. The van der Waals surface area contributed by atoms with Gasteiger partial charge in [-0.25, -0.2) is 10.2 Å². The number of nitrogens with zero attached hydrogens (tertiary/aromatic N) is 3. The van der Waals surface area contributed by atoms with Crippen LogP contribution < -0.4 is 20.9 Å². The fourth-order valence-corrected chi connectivity index (χ4v) is 3.25. The molecule has 1 aromatic heterocycles. The molecule has 0 aliphatic carbocycles. The number of nitrogens with one attached hydrogen (secondary N) is 3. The number of carbonyl (C=O) groups excluding carboxylic acids is 1. The molecule has 9 heteroatoms. The highest BCUT2D eigenvalue weighted by atomic mass is 32.1. The number of para-hydroxylation sites is 1. The number of amides is 2. The van der Waals surface area contributed by atoms with Gasteiger partial charge >= 0.3 is 6.03 Å². The number of rotatable bonds is 6. The molecule has 0 aliphatic heterocycles. The Hall–Kier alpha value is -4.24. The summed E-state index contributed by atoms with van der Waals surface area (Å²) in [7, 11) is 1.60. The molecule has 32 heavy (non-hydrogen) atoms. The number of ether oxygens (including phenoxy) is 1. The van der Waals surface area contributed by atoms with Crippen LogP contribution in [0.3, 0.4) is 0 Å². The predicted octanol–water partition coefficient (Wildman–Crippen LogP) is 4.82. The summed E-state index contributed by atoms with van der Waals surface area (Å²) in [6, 6.07) is 25.4. The summed E-state index contributed by atoms with van der Waals surface area (Å²) in [4.78, 5) is 21.5. The van der Waals surface area contributed by atoms with E-state index in [0.717, 1.165) is 5.56 Å².